The smallest absolute Gasteiger partial charge is 0.335 e. The third kappa shape index (κ3) is 6.78. The number of hydrogen-bond acceptors (Lipinski definition) is 7. The van der Waals surface area contributed by atoms with Crippen LogP contribution in [0.25, 0.3) is 0 Å². The molecule has 2 rings (SSSR count). The Labute approximate surface area is 214 Å². The zero-order chi connectivity index (χ0) is 27.3. The van der Waals surface area contributed by atoms with Crippen molar-refractivity contribution in [1.82, 2.24) is 4.31 Å². The Balaban J connectivity index is 2.68. The van der Waals surface area contributed by atoms with Crippen LogP contribution in [0.2, 0.25) is 18.1 Å². The van der Waals surface area contributed by atoms with E-state index in [1.807, 2.05) is 33.9 Å². The molecule has 0 spiro atoms. The Hall–Kier alpha value is -2.60. The number of benzene rings is 2. The van der Waals surface area contributed by atoms with E-state index in [0.717, 1.165) is 10.4 Å². The number of carbonyl (C=O) groups is 1. The largest absolute Gasteiger partial charge is 0.464 e. The van der Waals surface area contributed by atoms with Crippen molar-refractivity contribution in [3.63, 3.8) is 0 Å². The monoisotopic (exact) mass is 536 g/mol. The lowest BCUT2D eigenvalue weighted by Crippen LogP contribution is -2.55. The van der Waals surface area contributed by atoms with E-state index < -0.39 is 52.0 Å². The second-order valence-corrected chi connectivity index (χ2v) is 16.7. The van der Waals surface area contributed by atoms with Crippen molar-refractivity contribution in [3.8, 4) is 0 Å². The Bertz CT molecular complexity index is 1160. The molecule has 0 aliphatic carbocycles. The minimum absolute atomic E-state index is 0.0957. The number of nitro groups is 1. The molecule has 2 atom stereocenters. The van der Waals surface area contributed by atoms with E-state index in [-0.39, 0.29) is 18.2 Å². The van der Waals surface area contributed by atoms with Gasteiger partial charge in [0.1, 0.15) is 0 Å². The fraction of sp³-hybridized carbons (Fsp3) is 0.480. The predicted molar refractivity (Wildman–Crippen MR) is 140 cm³/mol. The minimum Gasteiger partial charge on any atom is -0.464 e. The van der Waals surface area contributed by atoms with Gasteiger partial charge in [-0.1, -0.05) is 63.2 Å². The molecule has 198 valence electrons. The van der Waals surface area contributed by atoms with Crippen LogP contribution in [0.1, 0.15) is 40.2 Å². The zero-order valence-corrected chi connectivity index (χ0v) is 23.7. The van der Waals surface area contributed by atoms with Crippen molar-refractivity contribution in [1.29, 1.82) is 0 Å². The van der Waals surface area contributed by atoms with Gasteiger partial charge in [-0.2, -0.15) is 4.31 Å². The van der Waals surface area contributed by atoms with Gasteiger partial charge in [0.25, 0.3) is 15.7 Å². The fourth-order valence-corrected chi connectivity index (χ4v) is 6.44. The molecule has 0 saturated carbocycles. The highest BCUT2D eigenvalue weighted by Crippen LogP contribution is 2.39. The molecule has 0 heterocycles. The maximum atomic E-state index is 14.0. The summed E-state index contributed by atoms with van der Waals surface area (Å²) in [5.41, 5.74) is 0.113. The molecule has 0 amide bonds. The number of nitrogens with zero attached hydrogens (tertiary/aromatic N) is 2. The molecule has 0 saturated heterocycles. The summed E-state index contributed by atoms with van der Waals surface area (Å²) >= 11 is 0. The van der Waals surface area contributed by atoms with Crippen LogP contribution in [0, 0.1) is 10.1 Å². The lowest BCUT2D eigenvalue weighted by atomic mass is 10.1. The Morgan fingerprint density at radius 2 is 1.64 bits per heavy atom. The molecule has 0 radical (unpaired) electrons. The summed E-state index contributed by atoms with van der Waals surface area (Å²) in [6.45, 7) is 13.2. The SMILES string of the molecule is CCOC(=O)C(O[Si](C)(C)C(C)(C)C)C(C)N(Cc1ccccc1)S(=O)(=O)c1ccccc1[N+](=O)[O-]. The predicted octanol–water partition coefficient (Wildman–Crippen LogP) is 5.13. The van der Waals surface area contributed by atoms with Gasteiger partial charge in [0, 0.05) is 12.6 Å². The van der Waals surface area contributed by atoms with Crippen molar-refractivity contribution < 1.29 is 27.3 Å². The van der Waals surface area contributed by atoms with E-state index in [1.165, 1.54) is 18.2 Å². The summed E-state index contributed by atoms with van der Waals surface area (Å²) < 4.78 is 40.8. The molecule has 11 heteroatoms. The summed E-state index contributed by atoms with van der Waals surface area (Å²) in [7, 11) is -7.00. The van der Waals surface area contributed by atoms with Crippen LogP contribution in [-0.2, 0) is 30.5 Å². The molecule has 0 aromatic heterocycles. The molecular weight excluding hydrogens is 500 g/mol. The number of hydrogen-bond donors (Lipinski definition) is 0. The third-order valence-electron chi connectivity index (χ3n) is 6.47. The van der Waals surface area contributed by atoms with Gasteiger partial charge in [0.05, 0.1) is 17.6 Å². The Morgan fingerprint density at radius 1 is 1.08 bits per heavy atom. The normalized spacial score (nSPS) is 14.3. The molecule has 36 heavy (non-hydrogen) atoms. The van der Waals surface area contributed by atoms with Gasteiger partial charge >= 0.3 is 5.97 Å². The summed E-state index contributed by atoms with van der Waals surface area (Å²) in [6.07, 6.45) is -1.23. The lowest BCUT2D eigenvalue weighted by Gasteiger charge is -2.41. The van der Waals surface area contributed by atoms with E-state index in [1.54, 1.807) is 44.2 Å². The Morgan fingerprint density at radius 3 is 2.17 bits per heavy atom. The third-order valence-corrected chi connectivity index (χ3v) is 12.9. The fourth-order valence-electron chi connectivity index (χ4n) is 3.38. The standard InChI is InChI=1S/C25H36N2O7SSi/c1-8-33-24(28)23(34-36(6,7)25(3,4)5)19(2)26(18-20-14-10-9-11-15-20)35(31,32)22-17-13-12-16-21(22)27(29)30/h9-17,19,23H,8,18H2,1-7H3. The number of rotatable bonds is 11. The first-order valence-corrected chi connectivity index (χ1v) is 16.1. The van der Waals surface area contributed by atoms with E-state index in [4.69, 9.17) is 9.16 Å². The molecule has 0 aliphatic rings. The average molecular weight is 537 g/mol. The van der Waals surface area contributed by atoms with Crippen molar-refractivity contribution in [2.45, 2.75) is 76.3 Å². The summed E-state index contributed by atoms with van der Waals surface area (Å²) in [5.74, 6) is -0.675. The maximum Gasteiger partial charge on any atom is 0.335 e. The van der Waals surface area contributed by atoms with Crippen molar-refractivity contribution in [3.05, 3.63) is 70.3 Å². The van der Waals surface area contributed by atoms with Crippen LogP contribution in [-0.4, -0.2) is 50.7 Å². The summed E-state index contributed by atoms with van der Waals surface area (Å²) in [6, 6.07) is 13.0. The first-order chi connectivity index (χ1) is 16.6. The first kappa shape index (κ1) is 29.6. The van der Waals surface area contributed by atoms with Crippen LogP contribution in [0.4, 0.5) is 5.69 Å². The quantitative estimate of drug-likeness (QED) is 0.169. The molecule has 0 fully saturated rings. The maximum absolute atomic E-state index is 14.0. The van der Waals surface area contributed by atoms with Crippen LogP contribution < -0.4 is 0 Å². The van der Waals surface area contributed by atoms with E-state index in [2.05, 4.69) is 0 Å². The first-order valence-electron chi connectivity index (χ1n) is 11.8. The highest BCUT2D eigenvalue weighted by atomic mass is 32.2. The van der Waals surface area contributed by atoms with Gasteiger partial charge in [-0.25, -0.2) is 13.2 Å². The summed E-state index contributed by atoms with van der Waals surface area (Å²) in [4.78, 5) is 23.6. The van der Waals surface area contributed by atoms with Gasteiger partial charge in [-0.15, -0.1) is 0 Å². The van der Waals surface area contributed by atoms with Gasteiger partial charge in [0.15, 0.2) is 19.3 Å². The number of carbonyl (C=O) groups excluding carboxylic acids is 1. The molecular formula is C25H36N2O7SSi. The van der Waals surface area contributed by atoms with Crippen LogP contribution in [0.3, 0.4) is 0 Å². The molecule has 2 unspecified atom stereocenters. The van der Waals surface area contributed by atoms with Gasteiger partial charge in [-0.05, 0) is 43.6 Å². The molecule has 0 bridgehead atoms. The van der Waals surface area contributed by atoms with Crippen LogP contribution >= 0.6 is 0 Å². The summed E-state index contributed by atoms with van der Waals surface area (Å²) in [5, 5.41) is 11.4. The molecule has 2 aromatic rings. The number of nitro benzene ring substituents is 1. The number of sulfonamides is 1. The average Bonchev–Trinajstić information content (AvgIpc) is 2.80. The highest BCUT2D eigenvalue weighted by molar-refractivity contribution is 7.89. The molecule has 0 N–H and O–H groups in total. The number of esters is 1. The zero-order valence-electron chi connectivity index (χ0n) is 21.9. The van der Waals surface area contributed by atoms with Crippen molar-refractivity contribution in [2.75, 3.05) is 6.61 Å². The number of ether oxygens (including phenoxy) is 1. The Kier molecular flexibility index (Phi) is 9.57. The van der Waals surface area contributed by atoms with Gasteiger partial charge < -0.3 is 9.16 Å². The topological polar surface area (TPSA) is 116 Å². The minimum atomic E-state index is -4.44. The van der Waals surface area contributed by atoms with Gasteiger partial charge in [-0.3, -0.25) is 10.1 Å². The second-order valence-electron chi connectivity index (χ2n) is 10.1. The molecule has 9 nitrogen and oxygen atoms in total. The number of para-hydroxylation sites is 1. The molecule has 2 aromatic carbocycles. The lowest BCUT2D eigenvalue weighted by molar-refractivity contribution is -0.387. The van der Waals surface area contributed by atoms with Crippen molar-refractivity contribution >= 4 is 30.0 Å². The van der Waals surface area contributed by atoms with E-state index in [9.17, 15) is 23.3 Å². The second kappa shape index (κ2) is 11.6. The van der Waals surface area contributed by atoms with E-state index >= 15 is 0 Å². The highest BCUT2D eigenvalue weighted by Gasteiger charge is 2.46. The molecule has 0 aliphatic heterocycles. The van der Waals surface area contributed by atoms with Crippen LogP contribution in [0.5, 0.6) is 0 Å². The van der Waals surface area contributed by atoms with Crippen molar-refractivity contribution in [2.24, 2.45) is 0 Å². The van der Waals surface area contributed by atoms with Crippen LogP contribution in [0.15, 0.2) is 59.5 Å². The van der Waals surface area contributed by atoms with Gasteiger partial charge in [0.2, 0.25) is 0 Å². The van der Waals surface area contributed by atoms with E-state index in [0.29, 0.717) is 5.56 Å².